The number of halogens is 6. The first-order valence-corrected chi connectivity index (χ1v) is 7.72. The van der Waals surface area contributed by atoms with E-state index in [1.165, 1.54) is 36.4 Å². The van der Waals surface area contributed by atoms with Gasteiger partial charge in [0.2, 0.25) is 0 Å². The fourth-order valence-electron chi connectivity index (χ4n) is 2.16. The summed E-state index contributed by atoms with van der Waals surface area (Å²) in [5.74, 6) is -0.946. The lowest BCUT2D eigenvalue weighted by Crippen LogP contribution is -2.35. The Morgan fingerprint density at radius 3 is 1.43 bits per heavy atom. The van der Waals surface area contributed by atoms with Crippen LogP contribution in [0.1, 0.15) is 11.1 Å². The average molecular weight is 408 g/mol. The molecule has 2 aromatic carbocycles. The lowest BCUT2D eigenvalue weighted by Gasteiger charge is -2.15. The van der Waals surface area contributed by atoms with Crippen LogP contribution in [0.5, 0.6) is 11.5 Å². The third kappa shape index (κ3) is 7.25. The standard InChI is InChI=1S/C17H14F6N2O3/c18-16(19,20)27-13-7-3-1-5-11(13)9-24-15(26)25-10-12-6-2-4-8-14(12)28-17(21,22)23/h1-8H,9-10H2,(H2,24,25,26). The molecule has 5 nitrogen and oxygen atoms in total. The van der Waals surface area contributed by atoms with E-state index < -0.39 is 30.3 Å². The Morgan fingerprint density at radius 2 is 1.07 bits per heavy atom. The van der Waals surface area contributed by atoms with E-state index in [2.05, 4.69) is 20.1 Å². The van der Waals surface area contributed by atoms with Crippen LogP contribution < -0.4 is 20.1 Å². The van der Waals surface area contributed by atoms with Gasteiger partial charge < -0.3 is 20.1 Å². The third-order valence-electron chi connectivity index (χ3n) is 3.28. The van der Waals surface area contributed by atoms with Gasteiger partial charge >= 0.3 is 18.8 Å². The van der Waals surface area contributed by atoms with E-state index in [0.29, 0.717) is 0 Å². The van der Waals surface area contributed by atoms with Crippen molar-refractivity contribution in [2.24, 2.45) is 0 Å². The number of carbonyl (C=O) groups is 1. The second-order valence-corrected chi connectivity index (χ2v) is 5.35. The molecule has 0 fully saturated rings. The van der Waals surface area contributed by atoms with Crippen LogP contribution in [0.25, 0.3) is 0 Å². The van der Waals surface area contributed by atoms with E-state index in [1.54, 1.807) is 0 Å². The van der Waals surface area contributed by atoms with Crippen molar-refractivity contribution in [3.8, 4) is 11.5 Å². The van der Waals surface area contributed by atoms with E-state index in [9.17, 15) is 31.1 Å². The molecule has 0 radical (unpaired) electrons. The molecule has 0 saturated carbocycles. The predicted octanol–water partition coefficient (Wildman–Crippen LogP) is 4.48. The fourth-order valence-corrected chi connectivity index (χ4v) is 2.16. The molecule has 152 valence electrons. The number of amides is 2. The number of alkyl halides is 6. The highest BCUT2D eigenvalue weighted by atomic mass is 19.4. The Bertz CT molecular complexity index is 742. The fraction of sp³-hybridized carbons (Fsp3) is 0.235. The zero-order valence-electron chi connectivity index (χ0n) is 14.0. The van der Waals surface area contributed by atoms with Crippen molar-refractivity contribution in [3.63, 3.8) is 0 Å². The molecule has 0 aliphatic carbocycles. The second kappa shape index (κ2) is 8.72. The summed E-state index contributed by atoms with van der Waals surface area (Å²) in [7, 11) is 0. The molecule has 0 aliphatic rings. The molecule has 2 N–H and O–H groups in total. The Balaban J connectivity index is 1.93. The first kappa shape index (κ1) is 21.2. The molecule has 0 atom stereocenters. The van der Waals surface area contributed by atoms with Crippen LogP contribution in [0.4, 0.5) is 31.1 Å². The molecule has 0 bridgehead atoms. The smallest absolute Gasteiger partial charge is 0.405 e. The lowest BCUT2D eigenvalue weighted by atomic mass is 10.2. The summed E-state index contributed by atoms with van der Waals surface area (Å²) >= 11 is 0. The highest BCUT2D eigenvalue weighted by Crippen LogP contribution is 2.27. The zero-order valence-corrected chi connectivity index (χ0v) is 14.0. The maximum absolute atomic E-state index is 12.4. The molecule has 2 aromatic rings. The molecular weight excluding hydrogens is 394 g/mol. The Morgan fingerprint density at radius 1 is 0.714 bits per heavy atom. The lowest BCUT2D eigenvalue weighted by molar-refractivity contribution is -0.275. The van der Waals surface area contributed by atoms with E-state index in [4.69, 9.17) is 0 Å². The predicted molar refractivity (Wildman–Crippen MR) is 85.3 cm³/mol. The maximum atomic E-state index is 12.4. The number of carbonyl (C=O) groups excluding carboxylic acids is 1. The highest BCUT2D eigenvalue weighted by Gasteiger charge is 2.32. The van der Waals surface area contributed by atoms with Crippen LogP contribution in [0.3, 0.4) is 0 Å². The van der Waals surface area contributed by atoms with Gasteiger partial charge in [0.05, 0.1) is 0 Å². The Hall–Kier alpha value is -3.11. The summed E-state index contributed by atoms with van der Waals surface area (Å²) in [4.78, 5) is 11.8. The molecule has 28 heavy (non-hydrogen) atoms. The number of hydrogen-bond donors (Lipinski definition) is 2. The quantitative estimate of drug-likeness (QED) is 0.693. The molecule has 0 unspecified atom stereocenters. The molecule has 0 aliphatic heterocycles. The van der Waals surface area contributed by atoms with Gasteiger partial charge in [-0.15, -0.1) is 26.3 Å². The minimum Gasteiger partial charge on any atom is -0.405 e. The molecule has 0 saturated heterocycles. The molecule has 11 heteroatoms. The summed E-state index contributed by atoms with van der Waals surface area (Å²) in [6.45, 7) is -0.586. The summed E-state index contributed by atoms with van der Waals surface area (Å²) < 4.78 is 81.9. The first-order chi connectivity index (χ1) is 13.0. The van der Waals surface area contributed by atoms with Crippen molar-refractivity contribution in [3.05, 3.63) is 59.7 Å². The zero-order chi connectivity index (χ0) is 20.8. The summed E-state index contributed by atoms with van der Waals surface area (Å²) in [5, 5.41) is 4.61. The second-order valence-electron chi connectivity index (χ2n) is 5.35. The van der Waals surface area contributed by atoms with Crippen molar-refractivity contribution in [1.82, 2.24) is 10.6 Å². The van der Waals surface area contributed by atoms with E-state index in [1.807, 2.05) is 0 Å². The van der Waals surface area contributed by atoms with Crippen molar-refractivity contribution in [2.45, 2.75) is 25.8 Å². The number of hydrogen-bond acceptors (Lipinski definition) is 3. The van der Waals surface area contributed by atoms with E-state index >= 15 is 0 Å². The SMILES string of the molecule is O=C(NCc1ccccc1OC(F)(F)F)NCc1ccccc1OC(F)(F)F. The van der Waals surface area contributed by atoms with Gasteiger partial charge in [0, 0.05) is 24.2 Å². The normalized spacial score (nSPS) is 11.6. The van der Waals surface area contributed by atoms with Crippen LogP contribution in [0, 0.1) is 0 Å². The summed E-state index contributed by atoms with van der Waals surface area (Å²) in [6.07, 6.45) is -9.78. The molecular formula is C17H14F6N2O3. The van der Waals surface area contributed by atoms with Crippen molar-refractivity contribution >= 4 is 6.03 Å². The van der Waals surface area contributed by atoms with Gasteiger partial charge in [0.1, 0.15) is 11.5 Å². The molecule has 2 amide bonds. The number of urea groups is 1. The average Bonchev–Trinajstić information content (AvgIpc) is 2.57. The molecule has 0 spiro atoms. The van der Waals surface area contributed by atoms with Gasteiger partial charge in [-0.1, -0.05) is 36.4 Å². The van der Waals surface area contributed by atoms with Gasteiger partial charge in [-0.05, 0) is 12.1 Å². The minimum atomic E-state index is -4.89. The number of nitrogens with one attached hydrogen (secondary N) is 2. The van der Waals surface area contributed by atoms with Crippen LogP contribution in [0.2, 0.25) is 0 Å². The number of ether oxygens (including phenoxy) is 2. The van der Waals surface area contributed by atoms with Crippen LogP contribution in [0.15, 0.2) is 48.5 Å². The van der Waals surface area contributed by atoms with Crippen molar-refractivity contribution in [2.75, 3.05) is 0 Å². The van der Waals surface area contributed by atoms with Gasteiger partial charge in [0.15, 0.2) is 0 Å². The van der Waals surface area contributed by atoms with E-state index in [0.717, 1.165) is 12.1 Å². The van der Waals surface area contributed by atoms with Gasteiger partial charge in [-0.2, -0.15) is 0 Å². The van der Waals surface area contributed by atoms with Crippen LogP contribution in [-0.2, 0) is 13.1 Å². The first-order valence-electron chi connectivity index (χ1n) is 7.72. The van der Waals surface area contributed by atoms with E-state index in [-0.39, 0.29) is 24.2 Å². The third-order valence-corrected chi connectivity index (χ3v) is 3.28. The largest absolute Gasteiger partial charge is 0.573 e. The minimum absolute atomic E-state index is 0.0655. The maximum Gasteiger partial charge on any atom is 0.573 e. The summed E-state index contributed by atoms with van der Waals surface area (Å²) in [6, 6.07) is 9.63. The Kier molecular flexibility index (Phi) is 6.60. The topological polar surface area (TPSA) is 59.6 Å². The van der Waals surface area contributed by atoms with Gasteiger partial charge in [-0.25, -0.2) is 4.79 Å². The van der Waals surface area contributed by atoms with Crippen molar-refractivity contribution < 1.29 is 40.6 Å². The number of rotatable bonds is 6. The van der Waals surface area contributed by atoms with Gasteiger partial charge in [0.25, 0.3) is 0 Å². The molecule has 0 heterocycles. The van der Waals surface area contributed by atoms with Gasteiger partial charge in [-0.3, -0.25) is 0 Å². The molecule has 2 rings (SSSR count). The Labute approximate surface area is 155 Å². The van der Waals surface area contributed by atoms with Crippen LogP contribution in [-0.4, -0.2) is 18.8 Å². The monoisotopic (exact) mass is 408 g/mol. The van der Waals surface area contributed by atoms with Crippen LogP contribution >= 0.6 is 0 Å². The summed E-state index contributed by atoms with van der Waals surface area (Å²) in [5.41, 5.74) is 0.131. The number of para-hydroxylation sites is 2. The highest BCUT2D eigenvalue weighted by molar-refractivity contribution is 5.74. The molecule has 0 aromatic heterocycles. The van der Waals surface area contributed by atoms with Crippen molar-refractivity contribution in [1.29, 1.82) is 0 Å². The number of benzene rings is 2.